The van der Waals surface area contributed by atoms with Gasteiger partial charge in [0.25, 0.3) is 0 Å². The van der Waals surface area contributed by atoms with E-state index in [0.29, 0.717) is 19.3 Å². The monoisotopic (exact) mass is 1030 g/mol. The summed E-state index contributed by atoms with van der Waals surface area (Å²) >= 11 is 0. The molecule has 1 amide bonds. The van der Waals surface area contributed by atoms with Crippen LogP contribution in [0, 0.1) is 0 Å². The van der Waals surface area contributed by atoms with E-state index in [1.165, 1.54) is 270 Å². The zero-order valence-electron chi connectivity index (χ0n) is 49.2. The number of hydrogen-bond donors (Lipinski definition) is 5. The number of hydrogen-bond acceptors (Lipinski definition) is 5. The number of nitrogens with one attached hydrogen (secondary N) is 1. The van der Waals surface area contributed by atoms with Gasteiger partial charge in [0.05, 0.1) is 18.8 Å². The van der Waals surface area contributed by atoms with Crippen LogP contribution in [0.1, 0.15) is 354 Å². The third-order valence-electron chi connectivity index (χ3n) is 15.6. The summed E-state index contributed by atoms with van der Waals surface area (Å²) in [7, 11) is 0. The first-order valence-electron chi connectivity index (χ1n) is 32.9. The molecule has 0 aromatic carbocycles. The minimum atomic E-state index is -1.29. The van der Waals surface area contributed by atoms with Crippen LogP contribution in [0.3, 0.4) is 0 Å². The van der Waals surface area contributed by atoms with E-state index < -0.39 is 36.9 Å². The molecule has 0 bridgehead atoms. The fraction of sp³-hybridized carbons (Fsp3) is 0.896. The van der Waals surface area contributed by atoms with Crippen LogP contribution in [0.15, 0.2) is 36.5 Å². The Morgan fingerprint density at radius 1 is 0.329 bits per heavy atom. The molecule has 0 aliphatic heterocycles. The number of carbonyl (C=O) groups excluding carboxylic acids is 1. The Kier molecular flexibility index (Phi) is 60.1. The van der Waals surface area contributed by atoms with Crippen LogP contribution in [0.5, 0.6) is 0 Å². The quantitative estimate of drug-likeness (QED) is 0.0308. The minimum Gasteiger partial charge on any atom is -0.394 e. The smallest absolute Gasteiger partial charge is 0.249 e. The van der Waals surface area contributed by atoms with Crippen LogP contribution in [-0.4, -0.2) is 57.3 Å². The Morgan fingerprint density at radius 3 is 0.863 bits per heavy atom. The fourth-order valence-corrected chi connectivity index (χ4v) is 10.4. The Morgan fingerprint density at radius 2 is 0.575 bits per heavy atom. The molecule has 0 aliphatic carbocycles. The second kappa shape index (κ2) is 61.4. The van der Waals surface area contributed by atoms with E-state index >= 15 is 0 Å². The predicted molar refractivity (Wildman–Crippen MR) is 321 cm³/mol. The molecule has 0 aliphatic rings. The van der Waals surface area contributed by atoms with E-state index in [4.69, 9.17) is 0 Å². The lowest BCUT2D eigenvalue weighted by molar-refractivity contribution is -0.132. The molecule has 73 heavy (non-hydrogen) atoms. The summed E-state index contributed by atoms with van der Waals surface area (Å²) < 4.78 is 0. The molecule has 6 heteroatoms. The maximum atomic E-state index is 12.6. The first-order chi connectivity index (χ1) is 36.0. The Hall–Kier alpha value is -1.47. The molecule has 6 nitrogen and oxygen atoms in total. The van der Waals surface area contributed by atoms with Crippen molar-refractivity contribution < 1.29 is 25.2 Å². The van der Waals surface area contributed by atoms with Crippen LogP contribution >= 0.6 is 0 Å². The molecule has 0 spiro atoms. The van der Waals surface area contributed by atoms with Crippen LogP contribution in [-0.2, 0) is 4.79 Å². The molecule has 0 aromatic rings. The molecule has 0 fully saturated rings. The normalized spacial score (nSPS) is 13.8. The standard InChI is InChI=1S/C67H129NO5/c1-3-5-7-9-11-13-15-17-19-21-23-25-26-27-28-29-30-31-32-33-34-35-36-37-38-39-41-43-45-47-49-51-53-55-57-59-61-65(71)67(73)68-63(62-69)66(72)64(70)60-58-56-54-52-50-48-46-44-42-40-24-22-20-18-16-14-12-10-8-6-4-2/h22,24,44,46,52,54,63-66,69-72H,3-21,23,25-43,45,47-51,53,55-62H2,1-2H3,(H,68,73)/b24-22+,46-44+,54-52+. The van der Waals surface area contributed by atoms with E-state index in [0.717, 1.165) is 51.4 Å². The minimum absolute atomic E-state index is 0.362. The number of rotatable bonds is 61. The van der Waals surface area contributed by atoms with Crippen LogP contribution in [0.2, 0.25) is 0 Å². The highest BCUT2D eigenvalue weighted by Gasteiger charge is 2.28. The fourth-order valence-electron chi connectivity index (χ4n) is 10.4. The Labute approximate surface area is 456 Å². The van der Waals surface area contributed by atoms with Gasteiger partial charge in [0.1, 0.15) is 12.2 Å². The average molecular weight is 1030 g/mol. The topological polar surface area (TPSA) is 110 Å². The number of amides is 1. The molecule has 432 valence electrons. The van der Waals surface area contributed by atoms with Crippen LogP contribution in [0.25, 0.3) is 0 Å². The van der Waals surface area contributed by atoms with Gasteiger partial charge in [-0.3, -0.25) is 4.79 Å². The van der Waals surface area contributed by atoms with Crippen molar-refractivity contribution >= 4 is 5.91 Å². The second-order valence-corrected chi connectivity index (χ2v) is 22.8. The van der Waals surface area contributed by atoms with E-state index in [1.54, 1.807) is 0 Å². The average Bonchev–Trinajstić information content (AvgIpc) is 3.40. The van der Waals surface area contributed by atoms with Gasteiger partial charge in [-0.05, 0) is 64.2 Å². The van der Waals surface area contributed by atoms with E-state index in [-0.39, 0.29) is 0 Å². The number of allylic oxidation sites excluding steroid dienone is 6. The molecule has 0 heterocycles. The molecule has 5 N–H and O–H groups in total. The molecule has 4 unspecified atom stereocenters. The number of aliphatic hydroxyl groups is 4. The van der Waals surface area contributed by atoms with Gasteiger partial charge in [-0.1, -0.05) is 326 Å². The van der Waals surface area contributed by atoms with Gasteiger partial charge in [0, 0.05) is 0 Å². The number of carbonyl (C=O) groups is 1. The summed E-state index contributed by atoms with van der Waals surface area (Å²) in [4.78, 5) is 12.6. The van der Waals surface area contributed by atoms with Gasteiger partial charge in [-0.25, -0.2) is 0 Å². The van der Waals surface area contributed by atoms with Crippen molar-refractivity contribution in [2.45, 2.75) is 379 Å². The molecule has 0 saturated carbocycles. The van der Waals surface area contributed by atoms with Crippen molar-refractivity contribution in [1.29, 1.82) is 0 Å². The summed E-state index contributed by atoms with van der Waals surface area (Å²) in [6.07, 6.45) is 78.3. The van der Waals surface area contributed by atoms with Gasteiger partial charge >= 0.3 is 0 Å². The van der Waals surface area contributed by atoms with Crippen LogP contribution < -0.4 is 5.32 Å². The van der Waals surface area contributed by atoms with Crippen molar-refractivity contribution in [3.8, 4) is 0 Å². The third-order valence-corrected chi connectivity index (χ3v) is 15.6. The van der Waals surface area contributed by atoms with Gasteiger partial charge in [-0.15, -0.1) is 0 Å². The Bertz CT molecular complexity index is 1150. The predicted octanol–water partition coefficient (Wildman–Crippen LogP) is 19.9. The lowest BCUT2D eigenvalue weighted by atomic mass is 10.00. The largest absolute Gasteiger partial charge is 0.394 e. The van der Waals surface area contributed by atoms with Gasteiger partial charge in [0.2, 0.25) is 5.91 Å². The second-order valence-electron chi connectivity index (χ2n) is 22.8. The Balaban J connectivity index is 3.56. The van der Waals surface area contributed by atoms with Gasteiger partial charge in [0.15, 0.2) is 0 Å². The molecular weight excluding hydrogens is 899 g/mol. The zero-order valence-corrected chi connectivity index (χ0v) is 49.2. The third kappa shape index (κ3) is 55.1. The lowest BCUT2D eigenvalue weighted by Crippen LogP contribution is -2.53. The van der Waals surface area contributed by atoms with Crippen molar-refractivity contribution in [3.05, 3.63) is 36.5 Å². The van der Waals surface area contributed by atoms with Gasteiger partial charge in [-0.2, -0.15) is 0 Å². The summed E-state index contributed by atoms with van der Waals surface area (Å²) in [6.45, 7) is 4.07. The van der Waals surface area contributed by atoms with E-state index in [9.17, 15) is 25.2 Å². The zero-order chi connectivity index (χ0) is 53.0. The molecule has 0 rings (SSSR count). The molecule has 4 atom stereocenters. The van der Waals surface area contributed by atoms with Crippen molar-refractivity contribution in [1.82, 2.24) is 5.32 Å². The van der Waals surface area contributed by atoms with Crippen molar-refractivity contribution in [2.75, 3.05) is 6.61 Å². The lowest BCUT2D eigenvalue weighted by Gasteiger charge is -2.27. The summed E-state index contributed by atoms with van der Waals surface area (Å²) in [6, 6.07) is -1.01. The molecule has 0 saturated heterocycles. The highest BCUT2D eigenvalue weighted by molar-refractivity contribution is 5.80. The number of unbranched alkanes of at least 4 members (excludes halogenated alkanes) is 46. The first-order valence-corrected chi connectivity index (χ1v) is 32.9. The summed E-state index contributed by atoms with van der Waals surface area (Å²) in [5, 5.41) is 44.1. The molecular formula is C67H129NO5. The highest BCUT2D eigenvalue weighted by atomic mass is 16.3. The maximum absolute atomic E-state index is 12.6. The highest BCUT2D eigenvalue weighted by Crippen LogP contribution is 2.19. The first kappa shape index (κ1) is 71.5. The van der Waals surface area contributed by atoms with Crippen molar-refractivity contribution in [3.63, 3.8) is 0 Å². The summed E-state index contributed by atoms with van der Waals surface area (Å²) in [5.74, 6) is -0.593. The maximum Gasteiger partial charge on any atom is 0.249 e. The van der Waals surface area contributed by atoms with E-state index in [2.05, 4.69) is 55.6 Å². The molecule has 0 aromatic heterocycles. The molecule has 0 radical (unpaired) electrons. The van der Waals surface area contributed by atoms with Crippen LogP contribution in [0.4, 0.5) is 0 Å². The number of aliphatic hydroxyl groups excluding tert-OH is 4. The van der Waals surface area contributed by atoms with E-state index in [1.807, 2.05) is 0 Å². The van der Waals surface area contributed by atoms with Gasteiger partial charge < -0.3 is 25.7 Å². The van der Waals surface area contributed by atoms with Crippen molar-refractivity contribution in [2.24, 2.45) is 0 Å². The SMILES string of the molecule is CCCCCCCCCC/C=C/CC/C=C/CC/C=C/CCCC(O)C(O)C(CO)NC(=O)C(O)CCCCCCCCCCCCCCCCCCCCCCCCCCCCCCCCCCCCCC. The summed E-state index contributed by atoms with van der Waals surface area (Å²) in [5.41, 5.74) is 0.